The van der Waals surface area contributed by atoms with E-state index >= 15 is 0 Å². The van der Waals surface area contributed by atoms with Crippen molar-refractivity contribution in [3.63, 3.8) is 0 Å². The third kappa shape index (κ3) is 6.03. The van der Waals surface area contributed by atoms with Gasteiger partial charge in [0.1, 0.15) is 5.75 Å². The van der Waals surface area contributed by atoms with E-state index in [1.54, 1.807) is 32.2 Å². The first-order valence-electron chi connectivity index (χ1n) is 6.45. The van der Waals surface area contributed by atoms with E-state index in [9.17, 15) is 8.78 Å². The Balaban J connectivity index is 2.75. The molecule has 1 rings (SSSR count). The molecule has 0 saturated heterocycles. The Kier molecular flexibility index (Phi) is 6.48. The zero-order chi connectivity index (χ0) is 16.0. The van der Waals surface area contributed by atoms with Gasteiger partial charge in [0.25, 0.3) is 0 Å². The summed E-state index contributed by atoms with van der Waals surface area (Å²) in [4.78, 5) is 0. The third-order valence-corrected chi connectivity index (χ3v) is 2.70. The van der Waals surface area contributed by atoms with Crippen LogP contribution in [-0.2, 0) is 0 Å². The molecule has 0 heterocycles. The van der Waals surface area contributed by atoms with Gasteiger partial charge in [0.05, 0.1) is 6.21 Å². The van der Waals surface area contributed by atoms with E-state index in [-0.39, 0.29) is 11.8 Å². The Labute approximate surface area is 128 Å². The lowest BCUT2D eigenvalue weighted by molar-refractivity contribution is -0.0507. The summed E-state index contributed by atoms with van der Waals surface area (Å²) in [5, 5.41) is 7.41. The van der Waals surface area contributed by atoms with Gasteiger partial charge in [-0.2, -0.15) is 13.9 Å². The molecule has 0 unspecified atom stereocenters. The van der Waals surface area contributed by atoms with E-state index in [2.05, 4.69) is 20.6 Å². The number of hydrogen-bond donors (Lipinski definition) is 2. The predicted octanol–water partition coefficient (Wildman–Crippen LogP) is 3.11. The number of hydrazone groups is 1. The molecule has 2 N–H and O–H groups in total. The second kappa shape index (κ2) is 7.87. The fraction of sp³-hybridized carbons (Fsp3) is 0.429. The SMILES string of the molecule is Cc1cc(/C=N\NC(=S)NC(C)C)cc(C)c1OC(F)F. The fourth-order valence-corrected chi connectivity index (χ4v) is 2.08. The van der Waals surface area contributed by atoms with E-state index in [0.717, 1.165) is 5.56 Å². The van der Waals surface area contributed by atoms with Gasteiger partial charge >= 0.3 is 6.61 Å². The molecule has 0 aliphatic carbocycles. The minimum atomic E-state index is -2.83. The maximum atomic E-state index is 12.3. The van der Waals surface area contributed by atoms with Gasteiger partial charge in [0.2, 0.25) is 0 Å². The maximum Gasteiger partial charge on any atom is 0.387 e. The van der Waals surface area contributed by atoms with Crippen LogP contribution < -0.4 is 15.5 Å². The summed E-state index contributed by atoms with van der Waals surface area (Å²) in [7, 11) is 0. The summed E-state index contributed by atoms with van der Waals surface area (Å²) in [6.07, 6.45) is 1.57. The minimum absolute atomic E-state index is 0.201. The van der Waals surface area contributed by atoms with Crippen molar-refractivity contribution in [2.75, 3.05) is 0 Å². The molecular weight excluding hydrogens is 296 g/mol. The lowest BCUT2D eigenvalue weighted by atomic mass is 10.1. The standard InChI is InChI=1S/C14H19F2N3OS/c1-8(2)18-14(21)19-17-7-11-5-9(3)12(10(4)6-11)20-13(15)16/h5-8,13H,1-4H3,(H2,18,19,21)/b17-7-. The number of aryl methyl sites for hydroxylation is 2. The van der Waals surface area contributed by atoms with Crippen molar-refractivity contribution in [3.8, 4) is 5.75 Å². The summed E-state index contributed by atoms with van der Waals surface area (Å²) >= 11 is 5.03. The molecule has 0 bridgehead atoms. The quantitative estimate of drug-likeness (QED) is 0.498. The van der Waals surface area contributed by atoms with Gasteiger partial charge < -0.3 is 10.1 Å². The molecule has 1 aromatic rings. The Morgan fingerprint density at radius 3 is 2.33 bits per heavy atom. The number of nitrogens with one attached hydrogen (secondary N) is 2. The first kappa shape index (κ1) is 17.3. The van der Waals surface area contributed by atoms with Crippen LogP contribution >= 0.6 is 12.2 Å². The lowest BCUT2D eigenvalue weighted by Gasteiger charge is -2.12. The minimum Gasteiger partial charge on any atom is -0.434 e. The summed E-state index contributed by atoms with van der Waals surface area (Å²) in [5.74, 6) is 0.201. The van der Waals surface area contributed by atoms with Crippen LogP contribution in [0.2, 0.25) is 0 Å². The predicted molar refractivity (Wildman–Crippen MR) is 84.1 cm³/mol. The van der Waals surface area contributed by atoms with Gasteiger partial charge in [-0.05, 0) is 68.7 Å². The topological polar surface area (TPSA) is 45.7 Å². The van der Waals surface area contributed by atoms with Crippen LogP contribution in [0.4, 0.5) is 8.78 Å². The molecule has 4 nitrogen and oxygen atoms in total. The summed E-state index contributed by atoms with van der Waals surface area (Å²) in [6.45, 7) is 4.52. The van der Waals surface area contributed by atoms with Crippen molar-refractivity contribution >= 4 is 23.5 Å². The molecule has 0 saturated carbocycles. The Hall–Kier alpha value is -1.76. The highest BCUT2D eigenvalue weighted by Gasteiger charge is 2.11. The van der Waals surface area contributed by atoms with Crippen molar-refractivity contribution in [2.45, 2.75) is 40.3 Å². The zero-order valence-corrected chi connectivity index (χ0v) is 13.2. The number of rotatable bonds is 5. The lowest BCUT2D eigenvalue weighted by Crippen LogP contribution is -2.36. The van der Waals surface area contributed by atoms with Gasteiger partial charge in [0, 0.05) is 6.04 Å². The number of halogens is 2. The highest BCUT2D eigenvalue weighted by atomic mass is 32.1. The number of ether oxygens (including phenoxy) is 1. The van der Waals surface area contributed by atoms with Gasteiger partial charge in [0.15, 0.2) is 5.11 Å². The van der Waals surface area contributed by atoms with E-state index in [1.165, 1.54) is 0 Å². The first-order chi connectivity index (χ1) is 9.79. The van der Waals surface area contributed by atoms with E-state index < -0.39 is 6.61 Å². The van der Waals surface area contributed by atoms with Gasteiger partial charge in [-0.15, -0.1) is 0 Å². The smallest absolute Gasteiger partial charge is 0.387 e. The fourth-order valence-electron chi connectivity index (χ4n) is 1.79. The highest BCUT2D eigenvalue weighted by molar-refractivity contribution is 7.80. The number of benzene rings is 1. The monoisotopic (exact) mass is 315 g/mol. The first-order valence-corrected chi connectivity index (χ1v) is 6.86. The van der Waals surface area contributed by atoms with Crippen LogP contribution in [0.15, 0.2) is 17.2 Å². The molecule has 0 fully saturated rings. The van der Waals surface area contributed by atoms with Crippen LogP contribution in [0.1, 0.15) is 30.5 Å². The highest BCUT2D eigenvalue weighted by Crippen LogP contribution is 2.25. The molecule has 0 aliphatic rings. The van der Waals surface area contributed by atoms with Gasteiger partial charge in [-0.3, -0.25) is 5.43 Å². The van der Waals surface area contributed by atoms with Crippen molar-refractivity contribution in [1.82, 2.24) is 10.7 Å². The largest absolute Gasteiger partial charge is 0.434 e. The van der Waals surface area contributed by atoms with E-state index in [0.29, 0.717) is 16.2 Å². The number of hydrogen-bond acceptors (Lipinski definition) is 3. The summed E-state index contributed by atoms with van der Waals surface area (Å²) < 4.78 is 29.1. The molecule has 0 aromatic heterocycles. The second-order valence-electron chi connectivity index (χ2n) is 4.86. The molecule has 0 spiro atoms. The van der Waals surface area contributed by atoms with Crippen LogP contribution in [0.5, 0.6) is 5.75 Å². The molecule has 0 radical (unpaired) electrons. The van der Waals surface area contributed by atoms with Crippen LogP contribution in [0, 0.1) is 13.8 Å². The van der Waals surface area contributed by atoms with Crippen molar-refractivity contribution in [2.24, 2.45) is 5.10 Å². The number of thiocarbonyl (C=S) groups is 1. The maximum absolute atomic E-state index is 12.3. The third-order valence-electron chi connectivity index (χ3n) is 2.49. The van der Waals surface area contributed by atoms with E-state index in [1.807, 2.05) is 13.8 Å². The Bertz CT molecular complexity index is 510. The van der Waals surface area contributed by atoms with Crippen LogP contribution in [0.25, 0.3) is 0 Å². The number of nitrogens with zero attached hydrogens (tertiary/aromatic N) is 1. The number of alkyl halides is 2. The Morgan fingerprint density at radius 1 is 1.29 bits per heavy atom. The molecule has 21 heavy (non-hydrogen) atoms. The van der Waals surface area contributed by atoms with Crippen LogP contribution in [-0.4, -0.2) is 24.0 Å². The van der Waals surface area contributed by atoms with Gasteiger partial charge in [-0.25, -0.2) is 0 Å². The summed E-state index contributed by atoms with van der Waals surface area (Å²) in [5.41, 5.74) is 4.71. The molecule has 0 aliphatic heterocycles. The molecule has 0 amide bonds. The zero-order valence-electron chi connectivity index (χ0n) is 12.4. The van der Waals surface area contributed by atoms with Crippen molar-refractivity contribution in [1.29, 1.82) is 0 Å². The molecule has 7 heteroatoms. The molecule has 0 atom stereocenters. The van der Waals surface area contributed by atoms with Crippen molar-refractivity contribution in [3.05, 3.63) is 28.8 Å². The average molecular weight is 315 g/mol. The Morgan fingerprint density at radius 2 is 1.86 bits per heavy atom. The second-order valence-corrected chi connectivity index (χ2v) is 5.27. The van der Waals surface area contributed by atoms with Crippen molar-refractivity contribution < 1.29 is 13.5 Å². The van der Waals surface area contributed by atoms with Gasteiger partial charge in [-0.1, -0.05) is 0 Å². The molecular formula is C14H19F2N3OS. The van der Waals surface area contributed by atoms with Crippen LogP contribution in [0.3, 0.4) is 0 Å². The van der Waals surface area contributed by atoms with E-state index in [4.69, 9.17) is 12.2 Å². The molecule has 116 valence electrons. The summed E-state index contributed by atoms with van der Waals surface area (Å²) in [6, 6.07) is 3.65. The molecule has 1 aromatic carbocycles. The normalized spacial score (nSPS) is 11.2. The average Bonchev–Trinajstić information content (AvgIpc) is 2.32.